The van der Waals surface area contributed by atoms with E-state index in [2.05, 4.69) is 15.6 Å². The molecule has 0 saturated heterocycles. The van der Waals surface area contributed by atoms with E-state index in [1.807, 2.05) is 20.8 Å². The van der Waals surface area contributed by atoms with Crippen molar-refractivity contribution < 1.29 is 14.2 Å². The van der Waals surface area contributed by atoms with Crippen LogP contribution in [-0.2, 0) is 14.2 Å². The van der Waals surface area contributed by atoms with Gasteiger partial charge in [0, 0.05) is 33.9 Å². The summed E-state index contributed by atoms with van der Waals surface area (Å²) in [6, 6.07) is 0. The number of methoxy groups -OCH3 is 2. The summed E-state index contributed by atoms with van der Waals surface area (Å²) < 4.78 is 15.7. The molecule has 0 aromatic heterocycles. The number of nitrogens with zero attached hydrogens (tertiary/aromatic N) is 1. The van der Waals surface area contributed by atoms with Crippen molar-refractivity contribution in [2.45, 2.75) is 32.8 Å². The molecular weight excluding hydrogens is 385 g/mol. The van der Waals surface area contributed by atoms with Gasteiger partial charge in [-0.05, 0) is 27.2 Å². The molecule has 0 rings (SSSR count). The molecule has 0 atom stereocenters. The van der Waals surface area contributed by atoms with Gasteiger partial charge in [-0.15, -0.1) is 24.0 Å². The Morgan fingerprint density at radius 1 is 1.10 bits per heavy atom. The molecule has 0 saturated carbocycles. The molecule has 0 radical (unpaired) electrons. The van der Waals surface area contributed by atoms with Gasteiger partial charge in [0.2, 0.25) is 0 Å². The molecule has 0 aliphatic rings. The van der Waals surface area contributed by atoms with E-state index >= 15 is 0 Å². The first-order chi connectivity index (χ1) is 9.55. The molecule has 0 amide bonds. The van der Waals surface area contributed by atoms with Gasteiger partial charge >= 0.3 is 0 Å². The molecule has 21 heavy (non-hydrogen) atoms. The Bertz CT molecular complexity index is 264. The Kier molecular flexibility index (Phi) is 16.3. The summed E-state index contributed by atoms with van der Waals surface area (Å²) in [6.07, 6.45) is 0.932. The van der Waals surface area contributed by atoms with Gasteiger partial charge in [-0.1, -0.05) is 0 Å². The molecule has 128 valence electrons. The van der Waals surface area contributed by atoms with Crippen molar-refractivity contribution in [1.29, 1.82) is 0 Å². The first kappa shape index (κ1) is 23.2. The monoisotopic (exact) mass is 417 g/mol. The smallest absolute Gasteiger partial charge is 0.191 e. The number of halogens is 1. The largest absolute Gasteiger partial charge is 0.382 e. The maximum Gasteiger partial charge on any atom is 0.191 e. The van der Waals surface area contributed by atoms with Crippen LogP contribution in [0.4, 0.5) is 0 Å². The van der Waals surface area contributed by atoms with Crippen molar-refractivity contribution in [3.05, 3.63) is 0 Å². The number of aliphatic imine (C=N–C) groups is 1. The Hall–Kier alpha value is -0.120. The second-order valence-electron chi connectivity index (χ2n) is 5.04. The van der Waals surface area contributed by atoms with Gasteiger partial charge in [-0.25, -0.2) is 0 Å². The molecule has 6 nitrogen and oxygen atoms in total. The molecule has 0 heterocycles. The van der Waals surface area contributed by atoms with Crippen LogP contribution in [0.2, 0.25) is 0 Å². The molecule has 0 unspecified atom stereocenters. The van der Waals surface area contributed by atoms with Crippen LogP contribution in [0.3, 0.4) is 0 Å². The number of ether oxygens (including phenoxy) is 3. The summed E-state index contributed by atoms with van der Waals surface area (Å²) in [5.41, 5.74) is -0.244. The van der Waals surface area contributed by atoms with Crippen molar-refractivity contribution in [2.75, 3.05) is 53.7 Å². The average molecular weight is 417 g/mol. The zero-order valence-corrected chi connectivity index (χ0v) is 16.4. The third kappa shape index (κ3) is 14.6. The maximum absolute atomic E-state index is 5.40. The highest BCUT2D eigenvalue weighted by Gasteiger charge is 2.15. The van der Waals surface area contributed by atoms with Crippen LogP contribution in [0.1, 0.15) is 27.2 Å². The fourth-order valence-corrected chi connectivity index (χ4v) is 1.30. The number of hydrogen-bond donors (Lipinski definition) is 2. The minimum absolute atomic E-state index is 0. The summed E-state index contributed by atoms with van der Waals surface area (Å²) in [7, 11) is 3.37. The van der Waals surface area contributed by atoms with Crippen molar-refractivity contribution in [2.24, 2.45) is 4.99 Å². The first-order valence-corrected chi connectivity index (χ1v) is 7.19. The van der Waals surface area contributed by atoms with E-state index in [0.29, 0.717) is 19.8 Å². The molecule has 0 bridgehead atoms. The molecule has 0 aromatic carbocycles. The van der Waals surface area contributed by atoms with E-state index in [4.69, 9.17) is 14.2 Å². The Labute approximate surface area is 146 Å². The van der Waals surface area contributed by atoms with Gasteiger partial charge in [0.05, 0.1) is 25.4 Å². The molecule has 0 fully saturated rings. The predicted octanol–water partition coefficient (Wildman–Crippen LogP) is 1.64. The zero-order chi connectivity index (χ0) is 15.3. The lowest BCUT2D eigenvalue weighted by Crippen LogP contribution is -2.39. The highest BCUT2D eigenvalue weighted by atomic mass is 127. The lowest BCUT2D eigenvalue weighted by molar-refractivity contribution is 0.0310. The summed E-state index contributed by atoms with van der Waals surface area (Å²) >= 11 is 0. The minimum Gasteiger partial charge on any atom is -0.382 e. The van der Waals surface area contributed by atoms with Gasteiger partial charge < -0.3 is 24.8 Å². The van der Waals surface area contributed by atoms with E-state index in [9.17, 15) is 0 Å². The SMILES string of the molecule is CCNC(=NCC(C)(C)OC)NCCCOCCOC.I. The van der Waals surface area contributed by atoms with E-state index < -0.39 is 0 Å². The zero-order valence-electron chi connectivity index (χ0n) is 14.0. The van der Waals surface area contributed by atoms with E-state index in [1.165, 1.54) is 0 Å². The summed E-state index contributed by atoms with van der Waals surface area (Å²) in [4.78, 5) is 4.51. The number of nitrogens with one attached hydrogen (secondary N) is 2. The standard InChI is InChI=1S/C14H31N3O3.HI/c1-6-15-13(17-12-14(2,3)19-5)16-8-7-9-20-11-10-18-4;/h6-12H2,1-5H3,(H2,15,16,17);1H. The molecule has 7 heteroatoms. The van der Waals surface area contributed by atoms with Crippen molar-refractivity contribution >= 4 is 29.9 Å². The van der Waals surface area contributed by atoms with E-state index in [-0.39, 0.29) is 29.6 Å². The summed E-state index contributed by atoms with van der Waals surface area (Å²) in [5, 5.41) is 6.49. The number of rotatable bonds is 11. The van der Waals surface area contributed by atoms with Gasteiger partial charge in [-0.2, -0.15) is 0 Å². The van der Waals surface area contributed by atoms with Crippen LogP contribution >= 0.6 is 24.0 Å². The summed E-state index contributed by atoms with van der Waals surface area (Å²) in [5.74, 6) is 0.814. The van der Waals surface area contributed by atoms with E-state index in [1.54, 1.807) is 14.2 Å². The fraction of sp³-hybridized carbons (Fsp3) is 0.929. The Morgan fingerprint density at radius 3 is 2.38 bits per heavy atom. The lowest BCUT2D eigenvalue weighted by atomic mass is 10.1. The second-order valence-corrected chi connectivity index (χ2v) is 5.04. The number of guanidine groups is 1. The highest BCUT2D eigenvalue weighted by Crippen LogP contribution is 2.06. The predicted molar refractivity (Wildman–Crippen MR) is 97.8 cm³/mol. The molecule has 0 aliphatic carbocycles. The quantitative estimate of drug-likeness (QED) is 0.232. The molecule has 2 N–H and O–H groups in total. The van der Waals surface area contributed by atoms with Crippen LogP contribution in [-0.4, -0.2) is 65.2 Å². The Morgan fingerprint density at radius 2 is 1.81 bits per heavy atom. The topological polar surface area (TPSA) is 64.1 Å². The first-order valence-electron chi connectivity index (χ1n) is 7.19. The molecule has 0 spiro atoms. The second kappa shape index (κ2) is 14.8. The highest BCUT2D eigenvalue weighted by molar-refractivity contribution is 14.0. The van der Waals surface area contributed by atoms with Crippen LogP contribution in [0.5, 0.6) is 0 Å². The van der Waals surface area contributed by atoms with Gasteiger partial charge in [0.15, 0.2) is 5.96 Å². The lowest BCUT2D eigenvalue weighted by Gasteiger charge is -2.21. The maximum atomic E-state index is 5.40. The molecule has 0 aliphatic heterocycles. The van der Waals surface area contributed by atoms with Gasteiger partial charge in [0.25, 0.3) is 0 Å². The van der Waals surface area contributed by atoms with Crippen LogP contribution in [0.25, 0.3) is 0 Å². The van der Waals surface area contributed by atoms with Crippen LogP contribution < -0.4 is 10.6 Å². The molecular formula is C14H32IN3O3. The number of hydrogen-bond acceptors (Lipinski definition) is 4. The normalized spacial score (nSPS) is 12.0. The molecule has 0 aromatic rings. The van der Waals surface area contributed by atoms with Crippen LogP contribution in [0.15, 0.2) is 4.99 Å². The third-order valence-corrected chi connectivity index (χ3v) is 2.70. The fourth-order valence-electron chi connectivity index (χ4n) is 1.30. The van der Waals surface area contributed by atoms with Crippen molar-refractivity contribution in [3.63, 3.8) is 0 Å². The van der Waals surface area contributed by atoms with Crippen molar-refractivity contribution in [1.82, 2.24) is 10.6 Å². The average Bonchev–Trinajstić information content (AvgIpc) is 2.43. The van der Waals surface area contributed by atoms with Gasteiger partial charge in [-0.3, -0.25) is 4.99 Å². The van der Waals surface area contributed by atoms with E-state index in [0.717, 1.165) is 32.1 Å². The third-order valence-electron chi connectivity index (χ3n) is 2.70. The van der Waals surface area contributed by atoms with Gasteiger partial charge in [0.1, 0.15) is 0 Å². The van der Waals surface area contributed by atoms with Crippen molar-refractivity contribution in [3.8, 4) is 0 Å². The van der Waals surface area contributed by atoms with Crippen LogP contribution in [0, 0.1) is 0 Å². The summed E-state index contributed by atoms with van der Waals surface area (Å²) in [6.45, 7) is 10.4. The Balaban J connectivity index is 0. The minimum atomic E-state index is -0.244.